The summed E-state index contributed by atoms with van der Waals surface area (Å²) in [5.41, 5.74) is 2.29. The number of nitrogens with zero attached hydrogens (tertiary/aromatic N) is 4. The molecule has 0 aliphatic rings. The lowest BCUT2D eigenvalue weighted by Gasteiger charge is -2.06. The summed E-state index contributed by atoms with van der Waals surface area (Å²) >= 11 is 7.19. The Hall–Kier alpha value is -3.11. The first-order chi connectivity index (χ1) is 13.1. The number of anilines is 1. The average Bonchev–Trinajstić information content (AvgIpc) is 3.25. The van der Waals surface area contributed by atoms with Crippen LogP contribution in [-0.2, 0) is 4.79 Å². The smallest absolute Gasteiger partial charge is 0.323 e. The molecular weight excluding hydrogens is 390 g/mol. The number of hydrogen-bond acceptors (Lipinski definition) is 6. The monoisotopic (exact) mass is 401 g/mol. The molecule has 0 atom stereocenters. The number of nitrogens with one attached hydrogen (secondary N) is 3. The van der Waals surface area contributed by atoms with Crippen LogP contribution < -0.4 is 11.0 Å². The molecule has 136 valence electrons. The summed E-state index contributed by atoms with van der Waals surface area (Å²) < 4.78 is 1.51. The molecule has 0 bridgehead atoms. The Balaban J connectivity index is 1.43. The molecule has 4 aromatic rings. The average molecular weight is 402 g/mol. The second-order valence-electron chi connectivity index (χ2n) is 5.53. The van der Waals surface area contributed by atoms with E-state index in [1.54, 1.807) is 36.4 Å². The molecule has 3 N–H and O–H groups in total. The standard InChI is InChI=1S/C16H12ClN7O2S/c17-9-2-1-3-11(6-9)24-16(21-22-23-24)27-8-14(25)18-10-4-5-12-13(7-10)20-15(26)19-12/h1-7H,8H2,(H,18,25)(H2,19,20,26). The van der Waals surface area contributed by atoms with Gasteiger partial charge in [0.05, 0.1) is 22.5 Å². The summed E-state index contributed by atoms with van der Waals surface area (Å²) in [5.74, 6) is -0.110. The largest absolute Gasteiger partial charge is 0.325 e. The number of hydrogen-bond donors (Lipinski definition) is 3. The van der Waals surface area contributed by atoms with Crippen molar-refractivity contribution in [2.75, 3.05) is 11.1 Å². The summed E-state index contributed by atoms with van der Waals surface area (Å²) in [7, 11) is 0. The molecule has 0 spiro atoms. The second kappa shape index (κ2) is 7.25. The predicted octanol–water partition coefficient (Wildman–Crippen LogP) is 2.22. The van der Waals surface area contributed by atoms with Crippen molar-refractivity contribution in [3.05, 3.63) is 58.0 Å². The second-order valence-corrected chi connectivity index (χ2v) is 6.91. The van der Waals surface area contributed by atoms with Crippen LogP contribution in [-0.4, -0.2) is 41.8 Å². The van der Waals surface area contributed by atoms with E-state index >= 15 is 0 Å². The van der Waals surface area contributed by atoms with Gasteiger partial charge in [-0.05, 0) is 46.8 Å². The van der Waals surface area contributed by atoms with E-state index in [2.05, 4.69) is 30.8 Å². The lowest BCUT2D eigenvalue weighted by Crippen LogP contribution is -2.14. The van der Waals surface area contributed by atoms with Crippen LogP contribution in [0.1, 0.15) is 0 Å². The molecule has 0 unspecified atom stereocenters. The maximum atomic E-state index is 12.2. The minimum absolute atomic E-state index is 0.114. The first-order valence-electron chi connectivity index (χ1n) is 7.77. The van der Waals surface area contributed by atoms with Crippen molar-refractivity contribution < 1.29 is 4.79 Å². The molecule has 4 rings (SSSR count). The fourth-order valence-corrected chi connectivity index (χ4v) is 3.35. The molecule has 0 saturated heterocycles. The van der Waals surface area contributed by atoms with Gasteiger partial charge in [-0.2, -0.15) is 4.68 Å². The highest BCUT2D eigenvalue weighted by atomic mass is 35.5. The van der Waals surface area contributed by atoms with E-state index < -0.39 is 0 Å². The molecule has 0 radical (unpaired) electrons. The summed E-state index contributed by atoms with van der Waals surface area (Å²) in [6.07, 6.45) is 0. The number of tetrazole rings is 1. The summed E-state index contributed by atoms with van der Waals surface area (Å²) in [4.78, 5) is 28.8. The lowest BCUT2D eigenvalue weighted by molar-refractivity contribution is -0.113. The number of halogens is 1. The number of carbonyl (C=O) groups excluding carboxylic acids is 1. The number of imidazole rings is 1. The van der Waals surface area contributed by atoms with Gasteiger partial charge in [0.25, 0.3) is 0 Å². The zero-order valence-corrected chi connectivity index (χ0v) is 15.2. The number of fused-ring (bicyclic) bond motifs is 1. The van der Waals surface area contributed by atoms with Crippen LogP contribution >= 0.6 is 23.4 Å². The summed E-state index contributed by atoms with van der Waals surface area (Å²) in [6.45, 7) is 0. The Morgan fingerprint density at radius 2 is 2.04 bits per heavy atom. The number of carbonyl (C=O) groups is 1. The minimum atomic E-state index is -0.295. The molecule has 2 aromatic carbocycles. The van der Waals surface area contributed by atoms with E-state index in [4.69, 9.17) is 11.6 Å². The molecule has 0 aliphatic carbocycles. The van der Waals surface area contributed by atoms with E-state index in [0.29, 0.717) is 32.6 Å². The Morgan fingerprint density at radius 3 is 2.89 bits per heavy atom. The van der Waals surface area contributed by atoms with Gasteiger partial charge in [-0.25, -0.2) is 4.79 Å². The number of rotatable bonds is 5. The molecule has 1 amide bonds. The Morgan fingerprint density at radius 1 is 1.19 bits per heavy atom. The third kappa shape index (κ3) is 3.86. The number of aromatic amines is 2. The Bertz CT molecular complexity index is 1180. The lowest BCUT2D eigenvalue weighted by atomic mass is 10.3. The number of amides is 1. The van der Waals surface area contributed by atoms with E-state index in [1.165, 1.54) is 16.4 Å². The van der Waals surface area contributed by atoms with Gasteiger partial charge >= 0.3 is 5.69 Å². The van der Waals surface area contributed by atoms with Crippen molar-refractivity contribution in [2.24, 2.45) is 0 Å². The van der Waals surface area contributed by atoms with Crippen LogP contribution in [0, 0.1) is 0 Å². The molecule has 0 saturated carbocycles. The van der Waals surface area contributed by atoms with Gasteiger partial charge in [0.2, 0.25) is 11.1 Å². The van der Waals surface area contributed by atoms with Crippen molar-refractivity contribution >= 4 is 46.0 Å². The third-order valence-electron chi connectivity index (χ3n) is 3.63. The van der Waals surface area contributed by atoms with Gasteiger partial charge in [0.15, 0.2) is 0 Å². The Kier molecular flexibility index (Phi) is 4.65. The number of thioether (sulfide) groups is 1. The zero-order chi connectivity index (χ0) is 18.8. The van der Waals surface area contributed by atoms with Crippen molar-refractivity contribution in [2.45, 2.75) is 5.16 Å². The maximum absolute atomic E-state index is 12.2. The normalized spacial score (nSPS) is 11.0. The molecule has 0 fully saturated rings. The highest BCUT2D eigenvalue weighted by Gasteiger charge is 2.12. The van der Waals surface area contributed by atoms with Crippen LogP contribution in [0.4, 0.5) is 5.69 Å². The van der Waals surface area contributed by atoms with Crippen molar-refractivity contribution in [3.63, 3.8) is 0 Å². The highest BCUT2D eigenvalue weighted by molar-refractivity contribution is 7.99. The van der Waals surface area contributed by atoms with Crippen LogP contribution in [0.2, 0.25) is 5.02 Å². The van der Waals surface area contributed by atoms with E-state index in [0.717, 1.165) is 0 Å². The molecule has 27 heavy (non-hydrogen) atoms. The predicted molar refractivity (Wildman–Crippen MR) is 102 cm³/mol. The number of benzene rings is 2. The molecule has 9 nitrogen and oxygen atoms in total. The van der Waals surface area contributed by atoms with Crippen LogP contribution in [0.3, 0.4) is 0 Å². The van der Waals surface area contributed by atoms with E-state index in [-0.39, 0.29) is 17.3 Å². The topological polar surface area (TPSA) is 121 Å². The molecule has 11 heteroatoms. The third-order valence-corrected chi connectivity index (χ3v) is 4.78. The fourth-order valence-electron chi connectivity index (χ4n) is 2.48. The molecule has 0 aliphatic heterocycles. The van der Waals surface area contributed by atoms with Gasteiger partial charge in [-0.3, -0.25) is 4.79 Å². The molecule has 2 heterocycles. The first kappa shape index (κ1) is 17.3. The SMILES string of the molecule is O=C(CSc1nnnn1-c1cccc(Cl)c1)Nc1ccc2[nH]c(=O)[nH]c2c1. The fraction of sp³-hybridized carbons (Fsp3) is 0.0625. The van der Waals surface area contributed by atoms with Crippen molar-refractivity contribution in [3.8, 4) is 5.69 Å². The van der Waals surface area contributed by atoms with Crippen molar-refractivity contribution in [1.29, 1.82) is 0 Å². The molecule has 2 aromatic heterocycles. The minimum Gasteiger partial charge on any atom is -0.325 e. The van der Waals surface area contributed by atoms with Gasteiger partial charge < -0.3 is 15.3 Å². The van der Waals surface area contributed by atoms with Crippen LogP contribution in [0.15, 0.2) is 52.4 Å². The van der Waals surface area contributed by atoms with E-state index in [9.17, 15) is 9.59 Å². The molecular formula is C16H12ClN7O2S. The van der Waals surface area contributed by atoms with Gasteiger partial charge in [-0.1, -0.05) is 29.4 Å². The van der Waals surface area contributed by atoms with Gasteiger partial charge in [0, 0.05) is 10.7 Å². The van der Waals surface area contributed by atoms with E-state index in [1.807, 2.05) is 6.07 Å². The van der Waals surface area contributed by atoms with Crippen molar-refractivity contribution in [1.82, 2.24) is 30.2 Å². The summed E-state index contributed by atoms with van der Waals surface area (Å²) in [6, 6.07) is 12.2. The number of aromatic nitrogens is 6. The van der Waals surface area contributed by atoms with Crippen LogP contribution in [0.5, 0.6) is 0 Å². The zero-order valence-electron chi connectivity index (χ0n) is 13.6. The number of H-pyrrole nitrogens is 2. The first-order valence-corrected chi connectivity index (χ1v) is 9.14. The Labute approximate surface area is 161 Å². The quantitative estimate of drug-likeness (QED) is 0.441. The van der Waals surface area contributed by atoms with Crippen LogP contribution in [0.25, 0.3) is 16.7 Å². The maximum Gasteiger partial charge on any atom is 0.323 e. The van der Waals surface area contributed by atoms with Gasteiger partial charge in [0.1, 0.15) is 0 Å². The highest BCUT2D eigenvalue weighted by Crippen LogP contribution is 2.21. The van der Waals surface area contributed by atoms with Gasteiger partial charge in [-0.15, -0.1) is 5.10 Å². The summed E-state index contributed by atoms with van der Waals surface area (Å²) in [5, 5.41) is 15.3.